The van der Waals surface area contributed by atoms with Crippen LogP contribution in [0.1, 0.15) is 25.7 Å². The maximum Gasteiger partial charge on any atom is 0.0700 e. The van der Waals surface area contributed by atoms with Crippen LogP contribution < -0.4 is 5.32 Å². The molecule has 0 radical (unpaired) electrons. The van der Waals surface area contributed by atoms with Gasteiger partial charge in [0.05, 0.1) is 13.2 Å². The van der Waals surface area contributed by atoms with Gasteiger partial charge in [-0.25, -0.2) is 0 Å². The summed E-state index contributed by atoms with van der Waals surface area (Å²) >= 11 is 0. The highest BCUT2D eigenvalue weighted by molar-refractivity contribution is 4.89. The molecule has 2 fully saturated rings. The average molecular weight is 256 g/mol. The Morgan fingerprint density at radius 1 is 1.17 bits per heavy atom. The first-order valence-corrected chi connectivity index (χ1v) is 7.41. The van der Waals surface area contributed by atoms with Crippen molar-refractivity contribution in [3.05, 3.63) is 0 Å². The summed E-state index contributed by atoms with van der Waals surface area (Å²) in [4.78, 5) is 2.68. The number of nitrogens with one attached hydrogen (secondary N) is 1. The van der Waals surface area contributed by atoms with Gasteiger partial charge in [0.15, 0.2) is 0 Å². The van der Waals surface area contributed by atoms with Crippen LogP contribution in [0.25, 0.3) is 0 Å². The quantitative estimate of drug-likeness (QED) is 0.594. The van der Waals surface area contributed by atoms with Gasteiger partial charge in [0, 0.05) is 26.3 Å². The summed E-state index contributed by atoms with van der Waals surface area (Å²) in [5.74, 6) is 0.875. The van der Waals surface area contributed by atoms with Crippen LogP contribution in [0, 0.1) is 5.92 Å². The van der Waals surface area contributed by atoms with Gasteiger partial charge in [-0.05, 0) is 51.2 Å². The van der Waals surface area contributed by atoms with Gasteiger partial charge in [0.1, 0.15) is 0 Å². The predicted octanol–water partition coefficient (Wildman–Crippen LogP) is 1.11. The lowest BCUT2D eigenvalue weighted by Crippen LogP contribution is -2.28. The molecule has 1 unspecified atom stereocenters. The normalized spacial score (nSPS) is 24.8. The van der Waals surface area contributed by atoms with Gasteiger partial charge in [0.2, 0.25) is 0 Å². The molecule has 1 aliphatic heterocycles. The number of rotatable bonds is 10. The second-order valence-electron chi connectivity index (χ2n) is 5.54. The zero-order valence-electron chi connectivity index (χ0n) is 11.7. The second-order valence-corrected chi connectivity index (χ2v) is 5.54. The van der Waals surface area contributed by atoms with E-state index in [1.54, 1.807) is 7.11 Å². The van der Waals surface area contributed by atoms with E-state index in [9.17, 15) is 0 Å². The number of likely N-dealkylation sites (tertiary alicyclic amines) is 1. The minimum Gasteiger partial charge on any atom is -0.382 e. The molecule has 1 saturated heterocycles. The van der Waals surface area contributed by atoms with E-state index in [-0.39, 0.29) is 0 Å². The molecule has 0 spiro atoms. The maximum absolute atomic E-state index is 5.43. The highest BCUT2D eigenvalue weighted by Crippen LogP contribution is 2.31. The fourth-order valence-corrected chi connectivity index (χ4v) is 2.65. The number of ether oxygens (including phenoxy) is 2. The van der Waals surface area contributed by atoms with E-state index >= 15 is 0 Å². The zero-order valence-corrected chi connectivity index (χ0v) is 11.7. The van der Waals surface area contributed by atoms with Gasteiger partial charge < -0.3 is 19.7 Å². The molecule has 1 saturated carbocycles. The molecule has 0 aromatic rings. The first-order valence-electron chi connectivity index (χ1n) is 7.41. The van der Waals surface area contributed by atoms with Gasteiger partial charge in [-0.3, -0.25) is 0 Å². The summed E-state index contributed by atoms with van der Waals surface area (Å²) < 4.78 is 10.4. The molecule has 0 aromatic heterocycles. The first-order chi connectivity index (χ1) is 8.90. The molecule has 2 aliphatic rings. The molecule has 1 heterocycles. The van der Waals surface area contributed by atoms with Crippen molar-refractivity contribution in [3.63, 3.8) is 0 Å². The molecule has 1 N–H and O–H groups in total. The van der Waals surface area contributed by atoms with E-state index in [1.165, 1.54) is 38.9 Å². The molecule has 0 aromatic carbocycles. The molecule has 106 valence electrons. The van der Waals surface area contributed by atoms with Gasteiger partial charge in [-0.15, -0.1) is 0 Å². The standard InChI is InChI=1S/C14H28N2O2/c1-17-9-10-18-8-2-6-15-11-13-5-7-16(12-13)14-3-4-14/h13-15H,2-12H2,1H3. The van der Waals surface area contributed by atoms with E-state index < -0.39 is 0 Å². The van der Waals surface area contributed by atoms with Gasteiger partial charge in [-0.2, -0.15) is 0 Å². The van der Waals surface area contributed by atoms with Crippen molar-refractivity contribution in [1.82, 2.24) is 10.2 Å². The Balaban J connectivity index is 1.37. The molecular formula is C14H28N2O2. The summed E-state index contributed by atoms with van der Waals surface area (Å²) in [7, 11) is 1.71. The third-order valence-corrected chi connectivity index (χ3v) is 3.89. The monoisotopic (exact) mass is 256 g/mol. The molecular weight excluding hydrogens is 228 g/mol. The van der Waals surface area contributed by atoms with Crippen LogP contribution in [0.3, 0.4) is 0 Å². The summed E-state index contributed by atoms with van der Waals surface area (Å²) in [5, 5.41) is 3.56. The largest absolute Gasteiger partial charge is 0.382 e. The molecule has 0 bridgehead atoms. The zero-order chi connectivity index (χ0) is 12.6. The topological polar surface area (TPSA) is 33.7 Å². The Bertz CT molecular complexity index is 222. The summed E-state index contributed by atoms with van der Waals surface area (Å²) in [6.45, 7) is 7.17. The molecule has 4 nitrogen and oxygen atoms in total. The average Bonchev–Trinajstić information content (AvgIpc) is 3.13. The van der Waals surface area contributed by atoms with Crippen LogP contribution in [0.5, 0.6) is 0 Å². The maximum atomic E-state index is 5.43. The fourth-order valence-electron chi connectivity index (χ4n) is 2.65. The molecule has 18 heavy (non-hydrogen) atoms. The summed E-state index contributed by atoms with van der Waals surface area (Å²) in [6.07, 6.45) is 5.37. The van der Waals surface area contributed by atoms with Crippen LogP contribution in [0.2, 0.25) is 0 Å². The predicted molar refractivity (Wildman–Crippen MR) is 72.9 cm³/mol. The summed E-state index contributed by atoms with van der Waals surface area (Å²) in [6, 6.07) is 0.948. The third kappa shape index (κ3) is 5.22. The highest BCUT2D eigenvalue weighted by Gasteiger charge is 2.33. The minimum absolute atomic E-state index is 0.701. The smallest absolute Gasteiger partial charge is 0.0700 e. The Kier molecular flexibility index (Phi) is 6.41. The lowest BCUT2D eigenvalue weighted by molar-refractivity contribution is 0.0694. The van der Waals surface area contributed by atoms with Crippen LogP contribution in [0.15, 0.2) is 0 Å². The molecule has 1 aliphatic carbocycles. The van der Waals surface area contributed by atoms with E-state index in [1.807, 2.05) is 0 Å². The number of nitrogens with zero attached hydrogens (tertiary/aromatic N) is 1. The number of hydrogen-bond donors (Lipinski definition) is 1. The Morgan fingerprint density at radius 3 is 2.83 bits per heavy atom. The molecule has 1 atom stereocenters. The van der Waals surface area contributed by atoms with Crippen molar-refractivity contribution in [2.45, 2.75) is 31.7 Å². The summed E-state index contributed by atoms with van der Waals surface area (Å²) in [5.41, 5.74) is 0. The Hall–Kier alpha value is -0.160. The highest BCUT2D eigenvalue weighted by atomic mass is 16.5. The van der Waals surface area contributed by atoms with E-state index in [2.05, 4.69) is 10.2 Å². The van der Waals surface area contributed by atoms with Crippen molar-refractivity contribution < 1.29 is 9.47 Å². The van der Waals surface area contributed by atoms with Gasteiger partial charge in [0.25, 0.3) is 0 Å². The Morgan fingerprint density at radius 2 is 2.06 bits per heavy atom. The first kappa shape index (κ1) is 14.3. The van der Waals surface area contributed by atoms with Crippen LogP contribution in [-0.2, 0) is 9.47 Å². The fraction of sp³-hybridized carbons (Fsp3) is 1.00. The van der Waals surface area contributed by atoms with Crippen molar-refractivity contribution in [3.8, 4) is 0 Å². The van der Waals surface area contributed by atoms with Gasteiger partial charge in [-0.1, -0.05) is 0 Å². The van der Waals surface area contributed by atoms with Crippen LogP contribution >= 0.6 is 0 Å². The van der Waals surface area contributed by atoms with Crippen LogP contribution in [0.4, 0.5) is 0 Å². The van der Waals surface area contributed by atoms with E-state index in [0.29, 0.717) is 6.61 Å². The molecule has 0 amide bonds. The second kappa shape index (κ2) is 8.10. The lowest BCUT2D eigenvalue weighted by atomic mass is 10.1. The molecule has 4 heteroatoms. The van der Waals surface area contributed by atoms with E-state index in [4.69, 9.17) is 9.47 Å². The number of hydrogen-bond acceptors (Lipinski definition) is 4. The van der Waals surface area contributed by atoms with Gasteiger partial charge >= 0.3 is 0 Å². The van der Waals surface area contributed by atoms with Crippen LogP contribution in [-0.4, -0.2) is 64.1 Å². The van der Waals surface area contributed by atoms with Crippen molar-refractivity contribution in [1.29, 1.82) is 0 Å². The third-order valence-electron chi connectivity index (χ3n) is 3.89. The van der Waals surface area contributed by atoms with Crippen molar-refractivity contribution >= 4 is 0 Å². The van der Waals surface area contributed by atoms with E-state index in [0.717, 1.165) is 38.1 Å². The molecule has 2 rings (SSSR count). The minimum atomic E-state index is 0.701. The van der Waals surface area contributed by atoms with Crippen molar-refractivity contribution in [2.24, 2.45) is 5.92 Å². The SMILES string of the molecule is COCCOCCCNCC1CCN(C2CC2)C1. The lowest BCUT2D eigenvalue weighted by Gasteiger charge is -2.15. The Labute approximate surface area is 111 Å². The van der Waals surface area contributed by atoms with Crippen molar-refractivity contribution in [2.75, 3.05) is 53.1 Å². The number of methoxy groups -OCH3 is 1.